The second kappa shape index (κ2) is 16.2. The molecule has 0 radical (unpaired) electrons. The number of carbonyl (C=O) groups is 4. The van der Waals surface area contributed by atoms with Crippen LogP contribution in [-0.2, 0) is 20.9 Å². The van der Waals surface area contributed by atoms with Crippen molar-refractivity contribution >= 4 is 23.8 Å². The van der Waals surface area contributed by atoms with Crippen LogP contribution in [0.1, 0.15) is 68.8 Å². The van der Waals surface area contributed by atoms with Crippen molar-refractivity contribution in [3.05, 3.63) is 71.9 Å². The minimum atomic E-state index is -1.20. The van der Waals surface area contributed by atoms with E-state index in [0.717, 1.165) is 30.4 Å². The molecule has 10 heteroatoms. The van der Waals surface area contributed by atoms with E-state index in [1.54, 1.807) is 24.3 Å². The maximum atomic E-state index is 13.1. The van der Waals surface area contributed by atoms with Gasteiger partial charge in [0.2, 0.25) is 5.91 Å². The Morgan fingerprint density at radius 2 is 1.61 bits per heavy atom. The van der Waals surface area contributed by atoms with Crippen molar-refractivity contribution in [3.8, 4) is 11.1 Å². The number of nitrogens with one attached hydrogen (secondary N) is 2. The normalized spacial score (nSPS) is 12.3. The molecule has 0 fully saturated rings. The highest BCUT2D eigenvalue weighted by molar-refractivity contribution is 6.00. The quantitative estimate of drug-likeness (QED) is 0.0798. The van der Waals surface area contributed by atoms with Crippen molar-refractivity contribution < 1.29 is 34.6 Å². The van der Waals surface area contributed by atoms with E-state index in [9.17, 15) is 29.4 Å². The number of carbonyl (C=O) groups excluding carboxylic acids is 2. The molecule has 0 aliphatic carbocycles. The van der Waals surface area contributed by atoms with Gasteiger partial charge in [-0.2, -0.15) is 0 Å². The van der Waals surface area contributed by atoms with E-state index in [2.05, 4.69) is 18.8 Å². The average molecular weight is 568 g/mol. The Balaban J connectivity index is 2.32. The monoisotopic (exact) mass is 567 g/mol. The van der Waals surface area contributed by atoms with Crippen LogP contribution in [0, 0.1) is 11.8 Å². The molecule has 0 saturated carbocycles. The zero-order valence-corrected chi connectivity index (χ0v) is 23.9. The van der Waals surface area contributed by atoms with Crippen LogP contribution in [0.25, 0.3) is 11.1 Å². The van der Waals surface area contributed by atoms with E-state index in [1.807, 2.05) is 43.0 Å². The van der Waals surface area contributed by atoms with E-state index in [0.29, 0.717) is 24.4 Å². The van der Waals surface area contributed by atoms with Crippen LogP contribution in [0.5, 0.6) is 0 Å². The summed E-state index contributed by atoms with van der Waals surface area (Å²) in [4.78, 5) is 50.6. The van der Waals surface area contributed by atoms with Gasteiger partial charge in [-0.3, -0.25) is 19.6 Å². The molecule has 5 N–H and O–H groups in total. The molecular formula is C31H41N3O7. The molecule has 0 bridgehead atoms. The summed E-state index contributed by atoms with van der Waals surface area (Å²) in [6, 6.07) is 13.2. The minimum absolute atomic E-state index is 0.0276. The zero-order valence-electron chi connectivity index (χ0n) is 23.9. The number of aliphatic carboxylic acids is 1. The third-order valence-electron chi connectivity index (χ3n) is 6.78. The van der Waals surface area contributed by atoms with E-state index in [4.69, 9.17) is 5.21 Å². The first-order valence-corrected chi connectivity index (χ1v) is 13.8. The molecule has 0 aromatic heterocycles. The highest BCUT2D eigenvalue weighted by atomic mass is 16.5. The Hall–Kier alpha value is -4.18. The summed E-state index contributed by atoms with van der Waals surface area (Å²) >= 11 is 0. The molecule has 2 aromatic carbocycles. The lowest BCUT2D eigenvalue weighted by molar-refractivity contribution is -0.141. The van der Waals surface area contributed by atoms with Crippen LogP contribution in [0.15, 0.2) is 60.8 Å². The third-order valence-corrected chi connectivity index (χ3v) is 6.78. The minimum Gasteiger partial charge on any atom is -0.481 e. The van der Waals surface area contributed by atoms with Crippen LogP contribution in [0.3, 0.4) is 0 Å². The fourth-order valence-electron chi connectivity index (χ4n) is 4.61. The van der Waals surface area contributed by atoms with Crippen molar-refractivity contribution in [2.45, 2.75) is 65.5 Å². The molecule has 41 heavy (non-hydrogen) atoms. The lowest BCUT2D eigenvalue weighted by Crippen LogP contribution is -2.48. The number of hydrogen-bond donors (Lipinski definition) is 5. The highest BCUT2D eigenvalue weighted by Crippen LogP contribution is 2.25. The molecule has 2 unspecified atom stereocenters. The van der Waals surface area contributed by atoms with E-state index < -0.39 is 42.1 Å². The van der Waals surface area contributed by atoms with E-state index in [-0.39, 0.29) is 17.9 Å². The molecule has 0 aliphatic heterocycles. The second-order valence-corrected chi connectivity index (χ2v) is 10.5. The number of amides is 2. The van der Waals surface area contributed by atoms with Gasteiger partial charge in [0.25, 0.3) is 5.91 Å². The third kappa shape index (κ3) is 10.1. The van der Waals surface area contributed by atoms with Crippen LogP contribution in [0.2, 0.25) is 0 Å². The van der Waals surface area contributed by atoms with Gasteiger partial charge in [0.15, 0.2) is 0 Å². The molecule has 10 nitrogen and oxygen atoms in total. The van der Waals surface area contributed by atoms with Gasteiger partial charge in [0.1, 0.15) is 5.92 Å². The summed E-state index contributed by atoms with van der Waals surface area (Å²) in [6.07, 6.45) is 2.46. The maximum absolute atomic E-state index is 13.1. The number of benzene rings is 2. The standard InChI is InChI=1S/C31H41N3O7/c1-5-6-9-16-34(19-22-12-14-23(15-13-22)24-10-7-8-11-25(24)31(39)40)21(4)27(18-28(35)36)32-29(37)26(17-20(2)3)30(38)33-41/h7-8,10-15,20,26-27,41H,4-6,9,16-19H2,1-3H3,(H,32,37)(H,33,38)(H,35,36)(H,39,40). The number of rotatable bonds is 17. The molecule has 222 valence electrons. The van der Waals surface area contributed by atoms with Crippen LogP contribution in [-0.4, -0.2) is 56.7 Å². The largest absolute Gasteiger partial charge is 0.481 e. The smallest absolute Gasteiger partial charge is 0.336 e. The number of unbranched alkanes of at least 4 members (excludes halogenated alkanes) is 2. The molecule has 0 aliphatic rings. The Morgan fingerprint density at radius 1 is 0.951 bits per heavy atom. The van der Waals surface area contributed by atoms with Gasteiger partial charge < -0.3 is 20.4 Å². The van der Waals surface area contributed by atoms with Crippen molar-refractivity contribution in [1.82, 2.24) is 15.7 Å². The summed E-state index contributed by atoms with van der Waals surface area (Å²) in [6.45, 7) is 10.8. The van der Waals surface area contributed by atoms with E-state index >= 15 is 0 Å². The molecule has 0 spiro atoms. The predicted octanol–water partition coefficient (Wildman–Crippen LogP) is 4.68. The van der Waals surface area contributed by atoms with Gasteiger partial charge in [-0.25, -0.2) is 10.3 Å². The lowest BCUT2D eigenvalue weighted by Gasteiger charge is -2.33. The number of hydrogen-bond acceptors (Lipinski definition) is 6. The number of carboxylic acids is 2. The number of aromatic carboxylic acids is 1. The summed E-state index contributed by atoms with van der Waals surface area (Å²) in [5.41, 5.74) is 4.36. The Bertz CT molecular complexity index is 1210. The fraction of sp³-hybridized carbons (Fsp3) is 0.419. The SMILES string of the molecule is C=C(C(CC(=O)O)NC(=O)C(CC(C)C)C(=O)NO)N(CCCCC)Cc1ccc(-c2ccccc2C(=O)O)cc1. The molecular weight excluding hydrogens is 526 g/mol. The van der Waals surface area contributed by atoms with Crippen LogP contribution in [0.4, 0.5) is 0 Å². The van der Waals surface area contributed by atoms with Crippen molar-refractivity contribution in [1.29, 1.82) is 0 Å². The molecule has 2 atom stereocenters. The summed E-state index contributed by atoms with van der Waals surface area (Å²) in [7, 11) is 0. The molecule has 2 rings (SSSR count). The first-order chi connectivity index (χ1) is 19.5. The second-order valence-electron chi connectivity index (χ2n) is 10.5. The summed E-state index contributed by atoms with van der Waals surface area (Å²) < 4.78 is 0. The lowest BCUT2D eigenvalue weighted by atomic mass is 9.95. The fourth-order valence-corrected chi connectivity index (χ4v) is 4.61. The predicted molar refractivity (Wildman–Crippen MR) is 155 cm³/mol. The number of hydroxylamine groups is 1. The Labute approximate surface area is 241 Å². The first-order valence-electron chi connectivity index (χ1n) is 13.8. The molecule has 0 saturated heterocycles. The van der Waals surface area contributed by atoms with Crippen LogP contribution < -0.4 is 10.8 Å². The van der Waals surface area contributed by atoms with Crippen LogP contribution >= 0.6 is 0 Å². The van der Waals surface area contributed by atoms with Gasteiger partial charge in [-0.05, 0) is 41.5 Å². The number of nitrogens with zero attached hydrogens (tertiary/aromatic N) is 1. The van der Waals surface area contributed by atoms with Crippen molar-refractivity contribution in [2.75, 3.05) is 6.54 Å². The van der Waals surface area contributed by atoms with Crippen molar-refractivity contribution in [3.63, 3.8) is 0 Å². The average Bonchev–Trinajstić information content (AvgIpc) is 2.94. The zero-order chi connectivity index (χ0) is 30.5. The van der Waals surface area contributed by atoms with Gasteiger partial charge in [0.05, 0.1) is 18.0 Å². The number of carboxylic acid groups (broad SMARTS) is 2. The Morgan fingerprint density at radius 3 is 2.17 bits per heavy atom. The van der Waals surface area contributed by atoms with Crippen molar-refractivity contribution in [2.24, 2.45) is 11.8 Å². The Kier molecular flexibility index (Phi) is 13.0. The van der Waals surface area contributed by atoms with Gasteiger partial charge >= 0.3 is 11.9 Å². The van der Waals surface area contributed by atoms with Gasteiger partial charge in [-0.1, -0.05) is 82.7 Å². The maximum Gasteiger partial charge on any atom is 0.336 e. The topological polar surface area (TPSA) is 156 Å². The first kappa shape index (κ1) is 33.0. The molecule has 0 heterocycles. The molecule has 2 amide bonds. The summed E-state index contributed by atoms with van der Waals surface area (Å²) in [5.74, 6) is -4.92. The van der Waals surface area contributed by atoms with E-state index in [1.165, 1.54) is 5.48 Å². The highest BCUT2D eigenvalue weighted by Gasteiger charge is 2.31. The van der Waals surface area contributed by atoms with Gasteiger partial charge in [-0.15, -0.1) is 0 Å². The molecule has 2 aromatic rings. The summed E-state index contributed by atoms with van der Waals surface area (Å²) in [5, 5.41) is 31.0. The van der Waals surface area contributed by atoms with Gasteiger partial charge in [0, 0.05) is 18.8 Å².